The van der Waals surface area contributed by atoms with E-state index in [1.54, 1.807) is 0 Å². The van der Waals surface area contributed by atoms with Gasteiger partial charge >= 0.3 is 5.97 Å². The summed E-state index contributed by atoms with van der Waals surface area (Å²) in [5.41, 5.74) is 0. The summed E-state index contributed by atoms with van der Waals surface area (Å²) in [6.07, 6.45) is 4.89. The van der Waals surface area contributed by atoms with Crippen molar-refractivity contribution < 1.29 is 18.3 Å². The first-order valence-corrected chi connectivity index (χ1v) is 8.76. The van der Waals surface area contributed by atoms with Crippen molar-refractivity contribution in [2.75, 3.05) is 18.8 Å². The summed E-state index contributed by atoms with van der Waals surface area (Å²) in [6, 6.07) is -0.547. The van der Waals surface area contributed by atoms with Crippen LogP contribution in [0.1, 0.15) is 45.4 Å². The third kappa shape index (κ3) is 2.65. The maximum absolute atomic E-state index is 12.4. The molecule has 2 aliphatic rings. The molecule has 1 aliphatic carbocycles. The van der Waals surface area contributed by atoms with Crippen LogP contribution in [0.4, 0.5) is 0 Å². The zero-order chi connectivity index (χ0) is 14.1. The Morgan fingerprint density at radius 3 is 2.47 bits per heavy atom. The van der Waals surface area contributed by atoms with Crippen LogP contribution in [0, 0.1) is 0 Å². The monoisotopic (exact) mass is 289 g/mol. The zero-order valence-corrected chi connectivity index (χ0v) is 12.3. The summed E-state index contributed by atoms with van der Waals surface area (Å²) in [4.78, 5) is 13.1. The summed E-state index contributed by atoms with van der Waals surface area (Å²) >= 11 is 0. The molecule has 1 saturated heterocycles. The van der Waals surface area contributed by atoms with Crippen molar-refractivity contribution in [3.8, 4) is 0 Å². The predicted molar refractivity (Wildman–Crippen MR) is 72.9 cm³/mol. The number of rotatable bonds is 3. The van der Waals surface area contributed by atoms with Crippen LogP contribution in [0.15, 0.2) is 0 Å². The van der Waals surface area contributed by atoms with Crippen molar-refractivity contribution >= 4 is 15.8 Å². The Morgan fingerprint density at radius 1 is 1.32 bits per heavy atom. The fourth-order valence-corrected chi connectivity index (χ4v) is 5.70. The molecule has 5 nitrogen and oxygen atoms in total. The highest BCUT2D eigenvalue weighted by Gasteiger charge is 2.49. The van der Waals surface area contributed by atoms with Gasteiger partial charge in [-0.1, -0.05) is 26.2 Å². The van der Waals surface area contributed by atoms with Gasteiger partial charge in [-0.15, -0.1) is 0 Å². The molecule has 0 aromatic rings. The van der Waals surface area contributed by atoms with Crippen molar-refractivity contribution in [1.82, 2.24) is 4.90 Å². The highest BCUT2D eigenvalue weighted by Crippen LogP contribution is 2.39. The molecule has 0 aromatic carbocycles. The Balaban J connectivity index is 2.23. The van der Waals surface area contributed by atoms with E-state index in [0.717, 1.165) is 19.3 Å². The lowest BCUT2D eigenvalue weighted by molar-refractivity contribution is -0.143. The van der Waals surface area contributed by atoms with E-state index in [2.05, 4.69) is 0 Å². The smallest absolute Gasteiger partial charge is 0.320 e. The maximum atomic E-state index is 12.4. The Bertz CT molecular complexity index is 440. The highest BCUT2D eigenvalue weighted by molar-refractivity contribution is 7.92. The summed E-state index contributed by atoms with van der Waals surface area (Å²) in [7, 11) is -3.08. The Hall–Kier alpha value is -0.620. The molecule has 0 radical (unpaired) electrons. The Kier molecular flexibility index (Phi) is 4.20. The zero-order valence-electron chi connectivity index (χ0n) is 11.5. The predicted octanol–water partition coefficient (Wildman–Crippen LogP) is 1.28. The second-order valence-electron chi connectivity index (χ2n) is 5.80. The van der Waals surface area contributed by atoms with Crippen LogP contribution in [0.2, 0.25) is 0 Å². The van der Waals surface area contributed by atoms with Crippen LogP contribution >= 0.6 is 0 Å². The normalized spacial score (nSPS) is 28.1. The lowest BCUT2D eigenvalue weighted by Gasteiger charge is -2.45. The molecule has 2 fully saturated rings. The minimum Gasteiger partial charge on any atom is -0.480 e. The molecule has 1 aliphatic heterocycles. The van der Waals surface area contributed by atoms with Crippen molar-refractivity contribution in [3.63, 3.8) is 0 Å². The van der Waals surface area contributed by atoms with Crippen LogP contribution in [-0.4, -0.2) is 54.0 Å². The molecule has 2 rings (SSSR count). The van der Waals surface area contributed by atoms with Gasteiger partial charge in [-0.05, 0) is 19.3 Å². The Morgan fingerprint density at radius 2 is 1.95 bits per heavy atom. The van der Waals surface area contributed by atoms with Gasteiger partial charge in [0.2, 0.25) is 0 Å². The van der Waals surface area contributed by atoms with Crippen molar-refractivity contribution in [3.05, 3.63) is 0 Å². The van der Waals surface area contributed by atoms with Gasteiger partial charge in [0.25, 0.3) is 0 Å². The lowest BCUT2D eigenvalue weighted by atomic mass is 9.87. The van der Waals surface area contributed by atoms with Gasteiger partial charge in [0.05, 0.1) is 10.5 Å². The van der Waals surface area contributed by atoms with Gasteiger partial charge in [0.15, 0.2) is 9.84 Å². The number of hydrogen-bond donors (Lipinski definition) is 1. The minimum absolute atomic E-state index is 0.108. The van der Waals surface area contributed by atoms with Crippen molar-refractivity contribution in [1.29, 1.82) is 0 Å². The molecular weight excluding hydrogens is 266 g/mol. The van der Waals surface area contributed by atoms with E-state index < -0.39 is 26.6 Å². The molecule has 1 heterocycles. The van der Waals surface area contributed by atoms with Gasteiger partial charge in [0, 0.05) is 13.1 Å². The van der Waals surface area contributed by atoms with E-state index in [-0.39, 0.29) is 5.75 Å². The molecule has 1 unspecified atom stereocenters. The molecule has 1 N–H and O–H groups in total. The molecular formula is C13H23NO4S. The molecule has 1 saturated carbocycles. The van der Waals surface area contributed by atoms with Crippen molar-refractivity contribution in [2.24, 2.45) is 0 Å². The average Bonchev–Trinajstić information content (AvgIpc) is 2.36. The number of carbonyl (C=O) groups is 1. The Labute approximate surface area is 114 Å². The van der Waals surface area contributed by atoms with Crippen molar-refractivity contribution in [2.45, 2.75) is 56.2 Å². The quantitative estimate of drug-likeness (QED) is 0.847. The first-order valence-electron chi connectivity index (χ1n) is 7.11. The summed E-state index contributed by atoms with van der Waals surface area (Å²) < 4.78 is 24.1. The van der Waals surface area contributed by atoms with Crippen LogP contribution in [0.5, 0.6) is 0 Å². The summed E-state index contributed by atoms with van der Waals surface area (Å²) in [5.74, 6) is -0.732. The van der Waals surface area contributed by atoms with Crippen LogP contribution in [0.3, 0.4) is 0 Å². The maximum Gasteiger partial charge on any atom is 0.320 e. The van der Waals surface area contributed by atoms with E-state index in [1.807, 2.05) is 11.8 Å². The second-order valence-corrected chi connectivity index (χ2v) is 8.30. The molecule has 19 heavy (non-hydrogen) atoms. The highest BCUT2D eigenvalue weighted by atomic mass is 32.2. The van der Waals surface area contributed by atoms with Crippen LogP contribution < -0.4 is 0 Å². The van der Waals surface area contributed by atoms with Gasteiger partial charge < -0.3 is 5.11 Å². The summed E-state index contributed by atoms with van der Waals surface area (Å²) in [5, 5.41) is 9.25. The number of hydrogen-bond acceptors (Lipinski definition) is 4. The minimum atomic E-state index is -3.08. The second kappa shape index (κ2) is 5.40. The molecule has 0 amide bonds. The first kappa shape index (κ1) is 14.8. The average molecular weight is 289 g/mol. The standard InChI is InChI=1S/C13H23NO4S/c1-2-11(12(15)16)14-8-9-19(17,18)13(10-14)6-4-3-5-7-13/h11H,2-10H2,1H3,(H,15,16). The van der Waals surface area contributed by atoms with Crippen LogP contribution in [0.25, 0.3) is 0 Å². The molecule has 1 atom stereocenters. The van der Waals surface area contributed by atoms with E-state index in [0.29, 0.717) is 32.4 Å². The molecule has 0 aromatic heterocycles. The molecule has 6 heteroatoms. The fourth-order valence-electron chi connectivity index (χ4n) is 3.52. The summed E-state index contributed by atoms with van der Waals surface area (Å²) in [6.45, 7) is 2.60. The molecule has 110 valence electrons. The van der Waals surface area contributed by atoms with E-state index in [1.165, 1.54) is 0 Å². The topological polar surface area (TPSA) is 74.7 Å². The van der Waals surface area contributed by atoms with Gasteiger partial charge in [-0.2, -0.15) is 0 Å². The fraction of sp³-hybridized carbons (Fsp3) is 0.923. The van der Waals surface area contributed by atoms with Gasteiger partial charge in [0.1, 0.15) is 6.04 Å². The van der Waals surface area contributed by atoms with Gasteiger partial charge in [-0.25, -0.2) is 8.42 Å². The van der Waals surface area contributed by atoms with E-state index in [4.69, 9.17) is 0 Å². The number of sulfone groups is 1. The largest absolute Gasteiger partial charge is 0.480 e. The molecule has 1 spiro atoms. The number of carboxylic acid groups (broad SMARTS) is 1. The SMILES string of the molecule is CCC(C(=O)O)N1CCS(=O)(=O)C2(CCCCC2)C1. The first-order chi connectivity index (χ1) is 8.92. The van der Waals surface area contributed by atoms with Crippen LogP contribution in [-0.2, 0) is 14.6 Å². The lowest BCUT2D eigenvalue weighted by Crippen LogP contribution is -2.60. The van der Waals surface area contributed by atoms with E-state index >= 15 is 0 Å². The molecule has 0 bridgehead atoms. The third-order valence-electron chi connectivity index (χ3n) is 4.68. The number of carboxylic acids is 1. The van der Waals surface area contributed by atoms with E-state index in [9.17, 15) is 18.3 Å². The third-order valence-corrected chi connectivity index (χ3v) is 7.25. The number of aliphatic carboxylic acids is 1. The number of nitrogens with zero attached hydrogens (tertiary/aromatic N) is 1. The van der Waals surface area contributed by atoms with Gasteiger partial charge in [-0.3, -0.25) is 9.69 Å².